The van der Waals surface area contributed by atoms with E-state index in [-0.39, 0.29) is 10.3 Å². The minimum atomic E-state index is -0.246. The van der Waals surface area contributed by atoms with Crippen molar-refractivity contribution in [1.82, 2.24) is 9.97 Å². The lowest BCUT2D eigenvalue weighted by Crippen LogP contribution is -2.08. The van der Waals surface area contributed by atoms with Crippen molar-refractivity contribution in [2.75, 3.05) is 6.61 Å². The van der Waals surface area contributed by atoms with Gasteiger partial charge in [-0.3, -0.25) is 9.78 Å². The van der Waals surface area contributed by atoms with Gasteiger partial charge in [0.2, 0.25) is 0 Å². The van der Waals surface area contributed by atoms with Gasteiger partial charge < -0.3 is 9.72 Å². The van der Waals surface area contributed by atoms with Crippen LogP contribution in [-0.4, -0.2) is 16.6 Å². The molecule has 0 bridgehead atoms. The molecule has 0 aromatic carbocycles. The summed E-state index contributed by atoms with van der Waals surface area (Å²) in [6.45, 7) is 2.57. The SMILES string of the molecule is CCCOc1cc(=O)[nH]c(=S)[nH]1. The summed E-state index contributed by atoms with van der Waals surface area (Å²) in [5, 5.41) is 0. The summed E-state index contributed by atoms with van der Waals surface area (Å²) in [5.74, 6) is 0.422. The number of aromatic amines is 2. The van der Waals surface area contributed by atoms with Crippen LogP contribution >= 0.6 is 12.2 Å². The number of ether oxygens (including phenoxy) is 1. The van der Waals surface area contributed by atoms with Crippen molar-refractivity contribution in [2.24, 2.45) is 0 Å². The molecule has 66 valence electrons. The fourth-order valence-electron chi connectivity index (χ4n) is 0.736. The van der Waals surface area contributed by atoms with Crippen LogP contribution in [0.5, 0.6) is 5.88 Å². The summed E-state index contributed by atoms with van der Waals surface area (Å²) < 4.78 is 5.46. The Hall–Kier alpha value is -1.10. The van der Waals surface area contributed by atoms with Gasteiger partial charge in [-0.1, -0.05) is 6.92 Å². The maximum Gasteiger partial charge on any atom is 0.255 e. The monoisotopic (exact) mass is 186 g/mol. The number of aromatic nitrogens is 2. The lowest BCUT2D eigenvalue weighted by atomic mass is 10.5. The lowest BCUT2D eigenvalue weighted by Gasteiger charge is -2.01. The van der Waals surface area contributed by atoms with Crippen LogP contribution < -0.4 is 10.3 Å². The second-order valence-corrected chi connectivity index (χ2v) is 2.71. The van der Waals surface area contributed by atoms with E-state index in [1.807, 2.05) is 6.92 Å². The van der Waals surface area contributed by atoms with Crippen molar-refractivity contribution in [3.8, 4) is 5.88 Å². The molecule has 0 aliphatic carbocycles. The van der Waals surface area contributed by atoms with E-state index in [0.29, 0.717) is 12.5 Å². The molecule has 0 saturated heterocycles. The van der Waals surface area contributed by atoms with Gasteiger partial charge in [-0.05, 0) is 18.6 Å². The summed E-state index contributed by atoms with van der Waals surface area (Å²) in [4.78, 5) is 16.0. The lowest BCUT2D eigenvalue weighted by molar-refractivity contribution is 0.304. The van der Waals surface area contributed by atoms with Crippen LogP contribution in [0.2, 0.25) is 0 Å². The first-order chi connectivity index (χ1) is 5.72. The molecule has 12 heavy (non-hydrogen) atoms. The molecule has 0 saturated carbocycles. The smallest absolute Gasteiger partial charge is 0.255 e. The molecule has 0 fully saturated rings. The third kappa shape index (κ3) is 2.50. The molecular weight excluding hydrogens is 176 g/mol. The molecule has 0 amide bonds. The highest BCUT2D eigenvalue weighted by Crippen LogP contribution is 1.99. The van der Waals surface area contributed by atoms with Gasteiger partial charge in [-0.15, -0.1) is 0 Å². The van der Waals surface area contributed by atoms with E-state index in [2.05, 4.69) is 9.97 Å². The fraction of sp³-hybridized carbons (Fsp3) is 0.429. The van der Waals surface area contributed by atoms with Gasteiger partial charge in [0.05, 0.1) is 12.7 Å². The zero-order valence-corrected chi connectivity index (χ0v) is 7.53. The van der Waals surface area contributed by atoms with Gasteiger partial charge in [0, 0.05) is 0 Å². The van der Waals surface area contributed by atoms with E-state index in [0.717, 1.165) is 6.42 Å². The van der Waals surface area contributed by atoms with Crippen LogP contribution in [-0.2, 0) is 0 Å². The molecule has 0 spiro atoms. The molecule has 0 unspecified atom stereocenters. The van der Waals surface area contributed by atoms with Crippen molar-refractivity contribution >= 4 is 12.2 Å². The second-order valence-electron chi connectivity index (χ2n) is 2.30. The maximum absolute atomic E-state index is 10.9. The molecule has 4 nitrogen and oxygen atoms in total. The molecule has 1 rings (SSSR count). The molecule has 2 N–H and O–H groups in total. The van der Waals surface area contributed by atoms with Crippen LogP contribution in [0.15, 0.2) is 10.9 Å². The van der Waals surface area contributed by atoms with E-state index in [4.69, 9.17) is 17.0 Å². The van der Waals surface area contributed by atoms with Crippen molar-refractivity contribution in [3.05, 3.63) is 21.2 Å². The zero-order chi connectivity index (χ0) is 8.97. The molecule has 1 heterocycles. The van der Waals surface area contributed by atoms with E-state index in [1.54, 1.807) is 0 Å². The summed E-state index contributed by atoms with van der Waals surface area (Å²) in [6.07, 6.45) is 0.896. The van der Waals surface area contributed by atoms with Crippen molar-refractivity contribution in [2.45, 2.75) is 13.3 Å². The third-order valence-corrected chi connectivity index (χ3v) is 1.40. The van der Waals surface area contributed by atoms with Gasteiger partial charge in [0.25, 0.3) is 5.56 Å². The van der Waals surface area contributed by atoms with E-state index < -0.39 is 0 Å². The number of nitrogens with one attached hydrogen (secondary N) is 2. The highest BCUT2D eigenvalue weighted by Gasteiger charge is 1.93. The first-order valence-corrected chi connectivity index (χ1v) is 4.09. The Morgan fingerprint density at radius 3 is 2.92 bits per heavy atom. The Kier molecular flexibility index (Phi) is 3.04. The largest absolute Gasteiger partial charge is 0.479 e. The van der Waals surface area contributed by atoms with E-state index >= 15 is 0 Å². The standard InChI is InChI=1S/C7H10N2O2S/c1-2-3-11-6-4-5(10)8-7(12)9-6/h4H,2-3H2,1H3,(H2,8,9,10,12). The molecular formula is C7H10N2O2S. The summed E-state index contributed by atoms with van der Waals surface area (Å²) in [7, 11) is 0. The minimum absolute atomic E-state index is 0.246. The van der Waals surface area contributed by atoms with Gasteiger partial charge >= 0.3 is 0 Å². The van der Waals surface area contributed by atoms with Crippen molar-refractivity contribution in [1.29, 1.82) is 0 Å². The highest BCUT2D eigenvalue weighted by atomic mass is 32.1. The molecule has 0 radical (unpaired) electrons. The van der Waals surface area contributed by atoms with Crippen molar-refractivity contribution < 1.29 is 4.74 Å². The number of hydrogen-bond donors (Lipinski definition) is 2. The van der Waals surface area contributed by atoms with Crippen LogP contribution in [0.1, 0.15) is 13.3 Å². The van der Waals surface area contributed by atoms with E-state index in [9.17, 15) is 4.79 Å². The zero-order valence-electron chi connectivity index (χ0n) is 6.72. The first kappa shape index (κ1) is 8.99. The predicted molar refractivity (Wildman–Crippen MR) is 48.0 cm³/mol. The fourth-order valence-corrected chi connectivity index (χ4v) is 0.937. The summed E-state index contributed by atoms with van der Waals surface area (Å²) >= 11 is 4.75. The Morgan fingerprint density at radius 1 is 1.58 bits per heavy atom. The predicted octanol–water partition coefficient (Wildman–Crippen LogP) is 1.22. The molecule has 0 atom stereocenters. The van der Waals surface area contributed by atoms with Gasteiger partial charge in [0.15, 0.2) is 10.7 Å². The van der Waals surface area contributed by atoms with Crippen molar-refractivity contribution in [3.63, 3.8) is 0 Å². The van der Waals surface area contributed by atoms with Crippen LogP contribution in [0.25, 0.3) is 0 Å². The third-order valence-electron chi connectivity index (χ3n) is 1.20. The Balaban J connectivity index is 2.86. The number of rotatable bonds is 3. The van der Waals surface area contributed by atoms with Gasteiger partial charge in [-0.25, -0.2) is 0 Å². The maximum atomic E-state index is 10.9. The molecule has 0 aliphatic rings. The highest BCUT2D eigenvalue weighted by molar-refractivity contribution is 7.71. The normalized spacial score (nSPS) is 9.75. The van der Waals surface area contributed by atoms with Gasteiger partial charge in [-0.2, -0.15) is 0 Å². The average molecular weight is 186 g/mol. The minimum Gasteiger partial charge on any atom is -0.479 e. The first-order valence-electron chi connectivity index (χ1n) is 3.69. The molecule has 5 heteroatoms. The average Bonchev–Trinajstić information content (AvgIpc) is 1.99. The van der Waals surface area contributed by atoms with Gasteiger partial charge in [0.1, 0.15) is 0 Å². The molecule has 1 aromatic rings. The molecule has 1 aromatic heterocycles. The Bertz CT molecular complexity index is 327. The quantitative estimate of drug-likeness (QED) is 0.698. The summed E-state index contributed by atoms with van der Waals surface area (Å²) in [6, 6.07) is 1.34. The van der Waals surface area contributed by atoms with Crippen LogP contribution in [0.4, 0.5) is 0 Å². The van der Waals surface area contributed by atoms with Crippen LogP contribution in [0.3, 0.4) is 0 Å². The Labute approximate surface area is 74.6 Å². The van der Waals surface area contributed by atoms with Crippen LogP contribution in [0, 0.1) is 4.77 Å². The number of H-pyrrole nitrogens is 2. The second kappa shape index (κ2) is 4.06. The summed E-state index contributed by atoms with van der Waals surface area (Å²) in [5.41, 5.74) is -0.246. The molecule has 0 aliphatic heterocycles. The van der Waals surface area contributed by atoms with E-state index in [1.165, 1.54) is 6.07 Å². The number of hydrogen-bond acceptors (Lipinski definition) is 3. The topological polar surface area (TPSA) is 57.9 Å². The Morgan fingerprint density at radius 2 is 2.33 bits per heavy atom.